The summed E-state index contributed by atoms with van der Waals surface area (Å²) >= 11 is 12.3. The number of anilines is 1. The molecular formula is C19H16Cl2N2O2. The maximum Gasteiger partial charge on any atom is 0.266 e. The van der Waals surface area contributed by atoms with Crippen molar-refractivity contribution in [3.63, 3.8) is 0 Å². The lowest BCUT2D eigenvalue weighted by Crippen LogP contribution is -2.13. The zero-order valence-corrected chi connectivity index (χ0v) is 15.3. The zero-order chi connectivity index (χ0) is 18.4. The normalized spacial score (nSPS) is 10.9. The predicted molar refractivity (Wildman–Crippen MR) is 101 cm³/mol. The lowest BCUT2D eigenvalue weighted by molar-refractivity contribution is -0.112. The predicted octanol–water partition coefficient (Wildman–Crippen LogP) is 5.25. The van der Waals surface area contributed by atoms with Crippen LogP contribution in [-0.4, -0.2) is 12.5 Å². The van der Waals surface area contributed by atoms with Gasteiger partial charge in [-0.25, -0.2) is 0 Å². The van der Waals surface area contributed by atoms with Crippen LogP contribution in [0.15, 0.2) is 42.0 Å². The van der Waals surface area contributed by atoms with E-state index in [-0.39, 0.29) is 5.57 Å². The second-order valence-electron chi connectivity index (χ2n) is 5.24. The molecule has 4 nitrogen and oxygen atoms in total. The van der Waals surface area contributed by atoms with Crippen LogP contribution >= 0.6 is 23.2 Å². The smallest absolute Gasteiger partial charge is 0.266 e. The Kier molecular flexibility index (Phi) is 6.46. The fraction of sp³-hybridized carbons (Fsp3) is 0.158. The summed E-state index contributed by atoms with van der Waals surface area (Å²) in [4.78, 5) is 12.3. The Hall–Kier alpha value is -2.48. The van der Waals surface area contributed by atoms with E-state index < -0.39 is 5.91 Å². The number of ether oxygens (including phenoxy) is 1. The maximum atomic E-state index is 12.3. The number of rotatable bonds is 5. The maximum absolute atomic E-state index is 12.3. The minimum absolute atomic E-state index is 0.0576. The number of nitrogens with one attached hydrogen (secondary N) is 1. The number of hydrogen-bond acceptors (Lipinski definition) is 3. The minimum atomic E-state index is -0.505. The molecule has 25 heavy (non-hydrogen) atoms. The number of amides is 1. The fourth-order valence-corrected chi connectivity index (χ4v) is 2.79. The molecule has 0 bridgehead atoms. The van der Waals surface area contributed by atoms with Gasteiger partial charge in [0.25, 0.3) is 5.91 Å². The molecule has 2 aromatic rings. The van der Waals surface area contributed by atoms with Gasteiger partial charge in [0.05, 0.1) is 16.7 Å². The number of nitriles is 1. The third-order valence-corrected chi connectivity index (χ3v) is 3.82. The van der Waals surface area contributed by atoms with Gasteiger partial charge in [0.15, 0.2) is 5.75 Å². The molecule has 0 saturated carbocycles. The van der Waals surface area contributed by atoms with Crippen LogP contribution in [0.2, 0.25) is 10.0 Å². The van der Waals surface area contributed by atoms with E-state index in [1.54, 1.807) is 18.2 Å². The molecule has 0 radical (unpaired) electrons. The van der Waals surface area contributed by atoms with Crippen molar-refractivity contribution in [3.8, 4) is 11.8 Å². The Bertz CT molecular complexity index is 847. The molecule has 2 aromatic carbocycles. The highest BCUT2D eigenvalue weighted by Crippen LogP contribution is 2.34. The van der Waals surface area contributed by atoms with Crippen LogP contribution in [0, 0.1) is 18.3 Å². The molecule has 0 aliphatic rings. The highest BCUT2D eigenvalue weighted by molar-refractivity contribution is 6.37. The Morgan fingerprint density at radius 3 is 2.52 bits per heavy atom. The van der Waals surface area contributed by atoms with Crippen molar-refractivity contribution in [2.75, 3.05) is 11.9 Å². The van der Waals surface area contributed by atoms with Gasteiger partial charge in [-0.15, -0.1) is 0 Å². The number of aryl methyl sites for hydroxylation is 1. The molecule has 0 atom stereocenters. The summed E-state index contributed by atoms with van der Waals surface area (Å²) in [5.74, 6) is -0.125. The van der Waals surface area contributed by atoms with E-state index in [1.165, 1.54) is 6.08 Å². The van der Waals surface area contributed by atoms with E-state index in [9.17, 15) is 10.1 Å². The van der Waals surface area contributed by atoms with E-state index in [0.29, 0.717) is 33.7 Å². The Morgan fingerprint density at radius 1 is 1.28 bits per heavy atom. The average Bonchev–Trinajstić information content (AvgIpc) is 2.56. The number of nitrogens with zero attached hydrogens (tertiary/aromatic N) is 1. The number of halogens is 2. The molecule has 0 fully saturated rings. The van der Waals surface area contributed by atoms with E-state index >= 15 is 0 Å². The van der Waals surface area contributed by atoms with Crippen molar-refractivity contribution in [2.24, 2.45) is 0 Å². The molecule has 1 amide bonds. The van der Waals surface area contributed by atoms with Crippen LogP contribution in [0.3, 0.4) is 0 Å². The SMILES string of the molecule is CCOc1c(Cl)cc(/C=C(/C#N)C(=O)Nc2cccc(C)c2)cc1Cl. The first kappa shape index (κ1) is 18.9. The van der Waals surface area contributed by atoms with E-state index in [0.717, 1.165) is 5.56 Å². The Labute approximate surface area is 156 Å². The molecule has 6 heteroatoms. The van der Waals surface area contributed by atoms with Gasteiger partial charge < -0.3 is 10.1 Å². The van der Waals surface area contributed by atoms with Crippen LogP contribution in [-0.2, 0) is 4.79 Å². The van der Waals surface area contributed by atoms with Gasteiger partial charge in [0.2, 0.25) is 0 Å². The van der Waals surface area contributed by atoms with Crippen molar-refractivity contribution in [3.05, 3.63) is 63.1 Å². The lowest BCUT2D eigenvalue weighted by Gasteiger charge is -2.09. The fourth-order valence-electron chi connectivity index (χ4n) is 2.18. The Balaban J connectivity index is 2.28. The first-order valence-corrected chi connectivity index (χ1v) is 8.31. The van der Waals surface area contributed by atoms with Crippen molar-refractivity contribution in [1.29, 1.82) is 5.26 Å². The zero-order valence-electron chi connectivity index (χ0n) is 13.8. The molecule has 0 aliphatic heterocycles. The van der Waals surface area contributed by atoms with Crippen LogP contribution in [0.5, 0.6) is 5.75 Å². The quantitative estimate of drug-likeness (QED) is 0.574. The summed E-state index contributed by atoms with van der Waals surface area (Å²) in [6.45, 7) is 4.17. The molecule has 0 spiro atoms. The molecule has 0 aromatic heterocycles. The Morgan fingerprint density at radius 2 is 1.96 bits per heavy atom. The first-order chi connectivity index (χ1) is 11.9. The summed E-state index contributed by atoms with van der Waals surface area (Å²) < 4.78 is 5.36. The van der Waals surface area contributed by atoms with Crippen molar-refractivity contribution < 1.29 is 9.53 Å². The molecule has 1 N–H and O–H groups in total. The third kappa shape index (κ3) is 4.99. The topological polar surface area (TPSA) is 62.1 Å². The number of benzene rings is 2. The van der Waals surface area contributed by atoms with Gasteiger partial charge in [0.1, 0.15) is 11.6 Å². The molecule has 0 aliphatic carbocycles. The van der Waals surface area contributed by atoms with Crippen molar-refractivity contribution in [1.82, 2.24) is 0 Å². The molecular weight excluding hydrogens is 359 g/mol. The van der Waals surface area contributed by atoms with Gasteiger partial charge in [-0.05, 0) is 55.3 Å². The van der Waals surface area contributed by atoms with Gasteiger partial charge in [-0.2, -0.15) is 5.26 Å². The van der Waals surface area contributed by atoms with Crippen LogP contribution in [0.1, 0.15) is 18.1 Å². The van der Waals surface area contributed by atoms with Crippen LogP contribution < -0.4 is 10.1 Å². The summed E-state index contributed by atoms with van der Waals surface area (Å²) in [7, 11) is 0. The van der Waals surface area contributed by atoms with Crippen molar-refractivity contribution in [2.45, 2.75) is 13.8 Å². The average molecular weight is 375 g/mol. The third-order valence-electron chi connectivity index (χ3n) is 3.26. The van der Waals surface area contributed by atoms with Gasteiger partial charge >= 0.3 is 0 Å². The lowest BCUT2D eigenvalue weighted by atomic mass is 10.1. The minimum Gasteiger partial charge on any atom is -0.491 e. The van der Waals surface area contributed by atoms with Crippen LogP contribution in [0.25, 0.3) is 6.08 Å². The first-order valence-electron chi connectivity index (χ1n) is 7.56. The van der Waals surface area contributed by atoms with Gasteiger partial charge in [-0.1, -0.05) is 35.3 Å². The van der Waals surface area contributed by atoms with Crippen molar-refractivity contribution >= 4 is 40.9 Å². The van der Waals surface area contributed by atoms with Gasteiger partial charge in [0, 0.05) is 5.69 Å². The molecule has 0 heterocycles. The van der Waals surface area contributed by atoms with Gasteiger partial charge in [-0.3, -0.25) is 4.79 Å². The van der Waals surface area contributed by atoms with Crippen LogP contribution in [0.4, 0.5) is 5.69 Å². The second-order valence-corrected chi connectivity index (χ2v) is 6.05. The molecule has 0 unspecified atom stereocenters. The standard InChI is InChI=1S/C19H16Cl2N2O2/c1-3-25-18-16(20)9-13(10-17(18)21)8-14(11-22)19(24)23-15-6-4-5-12(2)7-15/h4-10H,3H2,1-2H3,(H,23,24)/b14-8-. The summed E-state index contributed by atoms with van der Waals surface area (Å²) in [5, 5.41) is 12.6. The number of carbonyl (C=O) groups excluding carboxylic acids is 1. The van der Waals surface area contributed by atoms with E-state index in [2.05, 4.69) is 5.32 Å². The molecule has 2 rings (SSSR count). The molecule has 128 valence electrons. The highest BCUT2D eigenvalue weighted by atomic mass is 35.5. The number of hydrogen-bond donors (Lipinski definition) is 1. The molecule has 0 saturated heterocycles. The van der Waals surface area contributed by atoms with E-state index in [4.69, 9.17) is 27.9 Å². The second kappa shape index (κ2) is 8.57. The summed E-state index contributed by atoms with van der Waals surface area (Å²) in [6, 6.07) is 12.4. The largest absolute Gasteiger partial charge is 0.491 e. The summed E-state index contributed by atoms with van der Waals surface area (Å²) in [6.07, 6.45) is 1.43. The van der Waals surface area contributed by atoms with E-state index in [1.807, 2.05) is 38.1 Å². The monoisotopic (exact) mass is 374 g/mol. The highest BCUT2D eigenvalue weighted by Gasteiger charge is 2.12. The number of carbonyl (C=O) groups is 1. The summed E-state index contributed by atoms with van der Waals surface area (Å²) in [5.41, 5.74) is 2.10.